The van der Waals surface area contributed by atoms with Crippen molar-refractivity contribution in [3.63, 3.8) is 0 Å². The zero-order valence-corrected chi connectivity index (χ0v) is 12.0. The smallest absolute Gasteiger partial charge is 0.141 e. The molecule has 2 atom stereocenters. The summed E-state index contributed by atoms with van der Waals surface area (Å²) in [5.74, 6) is 0.557. The van der Waals surface area contributed by atoms with Crippen molar-refractivity contribution < 1.29 is 8.81 Å². The predicted molar refractivity (Wildman–Crippen MR) is 80.4 cm³/mol. The van der Waals surface area contributed by atoms with E-state index in [-0.39, 0.29) is 17.9 Å². The van der Waals surface area contributed by atoms with Crippen LogP contribution in [-0.2, 0) is 0 Å². The van der Waals surface area contributed by atoms with Gasteiger partial charge in [0.2, 0.25) is 0 Å². The first kappa shape index (κ1) is 13.8. The van der Waals surface area contributed by atoms with Gasteiger partial charge in [-0.05, 0) is 38.1 Å². The highest BCUT2D eigenvalue weighted by Crippen LogP contribution is 2.25. The molecule has 0 saturated carbocycles. The summed E-state index contributed by atoms with van der Waals surface area (Å²) in [6.45, 7) is 4.04. The number of halogens is 1. The zero-order valence-electron chi connectivity index (χ0n) is 12.0. The minimum Gasteiger partial charge on any atom is -0.459 e. The van der Waals surface area contributed by atoms with Crippen molar-refractivity contribution in [3.05, 3.63) is 65.9 Å². The van der Waals surface area contributed by atoms with E-state index in [0.717, 1.165) is 22.4 Å². The summed E-state index contributed by atoms with van der Waals surface area (Å²) in [5.41, 5.74) is 1.69. The van der Waals surface area contributed by atoms with Crippen molar-refractivity contribution in [3.8, 4) is 0 Å². The lowest BCUT2D eigenvalue weighted by Gasteiger charge is -2.18. The first-order chi connectivity index (χ1) is 10.1. The Bertz CT molecular complexity index is 703. The summed E-state index contributed by atoms with van der Waals surface area (Å²) in [6, 6.07) is 13.1. The molecule has 0 aliphatic carbocycles. The van der Waals surface area contributed by atoms with Crippen LogP contribution in [0.3, 0.4) is 0 Å². The molecule has 2 unspecified atom stereocenters. The molecule has 0 aliphatic rings. The van der Waals surface area contributed by atoms with E-state index < -0.39 is 0 Å². The molecule has 2 heterocycles. The standard InChI is InChI=1S/C17H17FN2O/c1-11(15-8-7-14(18)10-19-15)20-12(2)17-9-13-5-3-4-6-16(13)21-17/h3-12,20H,1-2H3. The monoisotopic (exact) mass is 284 g/mol. The Kier molecular flexibility index (Phi) is 3.71. The number of hydrogen-bond acceptors (Lipinski definition) is 3. The van der Waals surface area contributed by atoms with Gasteiger partial charge in [-0.1, -0.05) is 18.2 Å². The van der Waals surface area contributed by atoms with E-state index in [0.29, 0.717) is 0 Å². The Morgan fingerprint density at radius 3 is 2.62 bits per heavy atom. The van der Waals surface area contributed by atoms with Gasteiger partial charge in [-0.2, -0.15) is 0 Å². The summed E-state index contributed by atoms with van der Waals surface area (Å²) < 4.78 is 18.7. The summed E-state index contributed by atoms with van der Waals surface area (Å²) >= 11 is 0. The lowest BCUT2D eigenvalue weighted by Crippen LogP contribution is -2.22. The van der Waals surface area contributed by atoms with E-state index in [1.54, 1.807) is 6.07 Å². The molecule has 3 nitrogen and oxygen atoms in total. The van der Waals surface area contributed by atoms with Crippen LogP contribution in [-0.4, -0.2) is 4.98 Å². The topological polar surface area (TPSA) is 38.1 Å². The number of aromatic nitrogens is 1. The summed E-state index contributed by atoms with van der Waals surface area (Å²) in [6.07, 6.45) is 1.24. The van der Waals surface area contributed by atoms with Crippen LogP contribution in [0, 0.1) is 5.82 Å². The zero-order chi connectivity index (χ0) is 14.8. The highest BCUT2D eigenvalue weighted by Gasteiger charge is 2.15. The van der Waals surface area contributed by atoms with Crippen molar-refractivity contribution in [2.24, 2.45) is 0 Å². The molecule has 4 heteroatoms. The summed E-state index contributed by atoms with van der Waals surface area (Å²) in [5, 5.41) is 4.51. The first-order valence-corrected chi connectivity index (χ1v) is 6.99. The van der Waals surface area contributed by atoms with Gasteiger partial charge in [-0.3, -0.25) is 10.3 Å². The average molecular weight is 284 g/mol. The quantitative estimate of drug-likeness (QED) is 0.772. The van der Waals surface area contributed by atoms with Crippen LogP contribution in [0.15, 0.2) is 53.1 Å². The van der Waals surface area contributed by atoms with E-state index in [4.69, 9.17) is 4.42 Å². The Labute approximate surface area is 122 Å². The van der Waals surface area contributed by atoms with Crippen LogP contribution in [0.25, 0.3) is 11.0 Å². The molecule has 2 aromatic heterocycles. The molecule has 0 aliphatic heterocycles. The van der Waals surface area contributed by atoms with Gasteiger partial charge in [0.05, 0.1) is 17.9 Å². The molecule has 1 N–H and O–H groups in total. The van der Waals surface area contributed by atoms with Gasteiger partial charge >= 0.3 is 0 Å². The van der Waals surface area contributed by atoms with E-state index in [9.17, 15) is 4.39 Å². The minimum absolute atomic E-state index is 0.00816. The number of nitrogens with zero attached hydrogens (tertiary/aromatic N) is 1. The largest absolute Gasteiger partial charge is 0.459 e. The molecular formula is C17H17FN2O. The van der Waals surface area contributed by atoms with E-state index in [2.05, 4.69) is 10.3 Å². The van der Waals surface area contributed by atoms with Crippen molar-refractivity contribution in [1.29, 1.82) is 0 Å². The second-order valence-corrected chi connectivity index (χ2v) is 5.20. The molecule has 0 radical (unpaired) electrons. The van der Waals surface area contributed by atoms with E-state index in [1.165, 1.54) is 12.3 Å². The van der Waals surface area contributed by atoms with Crippen LogP contribution >= 0.6 is 0 Å². The lowest BCUT2D eigenvalue weighted by molar-refractivity contribution is 0.413. The van der Waals surface area contributed by atoms with Gasteiger partial charge in [-0.15, -0.1) is 0 Å². The van der Waals surface area contributed by atoms with Gasteiger partial charge in [0.15, 0.2) is 0 Å². The molecule has 108 valence electrons. The third-order valence-corrected chi connectivity index (χ3v) is 3.57. The summed E-state index contributed by atoms with van der Waals surface area (Å²) in [4.78, 5) is 4.10. The molecule has 1 aromatic carbocycles. The van der Waals surface area contributed by atoms with Crippen molar-refractivity contribution in [1.82, 2.24) is 10.3 Å². The molecular weight excluding hydrogens is 267 g/mol. The van der Waals surface area contributed by atoms with Gasteiger partial charge in [0.1, 0.15) is 17.2 Å². The van der Waals surface area contributed by atoms with Gasteiger partial charge in [0, 0.05) is 11.4 Å². The number of rotatable bonds is 4. The first-order valence-electron chi connectivity index (χ1n) is 6.99. The van der Waals surface area contributed by atoms with Crippen LogP contribution in [0.2, 0.25) is 0 Å². The summed E-state index contributed by atoms with van der Waals surface area (Å²) in [7, 11) is 0. The van der Waals surface area contributed by atoms with Crippen LogP contribution in [0.4, 0.5) is 4.39 Å². The number of furan rings is 1. The fourth-order valence-electron chi connectivity index (χ4n) is 2.40. The lowest BCUT2D eigenvalue weighted by atomic mass is 10.1. The number of para-hydroxylation sites is 1. The fraction of sp³-hybridized carbons (Fsp3) is 0.235. The second kappa shape index (κ2) is 5.66. The normalized spacial score (nSPS) is 14.2. The molecule has 0 amide bonds. The third-order valence-electron chi connectivity index (χ3n) is 3.57. The minimum atomic E-state index is -0.323. The number of benzene rings is 1. The average Bonchev–Trinajstić information content (AvgIpc) is 2.92. The maximum absolute atomic E-state index is 12.9. The Morgan fingerprint density at radius 1 is 1.10 bits per heavy atom. The van der Waals surface area contributed by atoms with Crippen molar-refractivity contribution in [2.75, 3.05) is 0 Å². The molecule has 0 fully saturated rings. The maximum Gasteiger partial charge on any atom is 0.141 e. The van der Waals surface area contributed by atoms with E-state index >= 15 is 0 Å². The maximum atomic E-state index is 12.9. The van der Waals surface area contributed by atoms with Crippen LogP contribution in [0.1, 0.15) is 37.4 Å². The SMILES string of the molecule is CC(NC(C)c1cc2ccccc2o1)c1ccc(F)cn1. The Hall–Kier alpha value is -2.20. The van der Waals surface area contributed by atoms with Crippen LogP contribution in [0.5, 0.6) is 0 Å². The Balaban J connectivity index is 1.75. The van der Waals surface area contributed by atoms with Gasteiger partial charge in [-0.25, -0.2) is 4.39 Å². The predicted octanol–water partition coefficient (Wildman–Crippen LogP) is 4.38. The molecule has 3 aromatic rings. The molecule has 0 spiro atoms. The van der Waals surface area contributed by atoms with Crippen molar-refractivity contribution in [2.45, 2.75) is 25.9 Å². The molecule has 0 saturated heterocycles. The second-order valence-electron chi connectivity index (χ2n) is 5.20. The molecule has 0 bridgehead atoms. The third kappa shape index (κ3) is 2.95. The molecule has 21 heavy (non-hydrogen) atoms. The molecule has 3 rings (SSSR count). The van der Waals surface area contributed by atoms with Crippen LogP contribution < -0.4 is 5.32 Å². The number of hydrogen-bond donors (Lipinski definition) is 1. The Morgan fingerprint density at radius 2 is 1.90 bits per heavy atom. The van der Waals surface area contributed by atoms with Gasteiger partial charge in [0.25, 0.3) is 0 Å². The highest BCUT2D eigenvalue weighted by molar-refractivity contribution is 5.77. The van der Waals surface area contributed by atoms with Crippen molar-refractivity contribution >= 4 is 11.0 Å². The number of fused-ring (bicyclic) bond motifs is 1. The fourth-order valence-corrected chi connectivity index (χ4v) is 2.40. The van der Waals surface area contributed by atoms with E-state index in [1.807, 2.05) is 44.2 Å². The highest BCUT2D eigenvalue weighted by atomic mass is 19.1. The van der Waals surface area contributed by atoms with Gasteiger partial charge < -0.3 is 4.42 Å². The number of nitrogens with one attached hydrogen (secondary N) is 1. The number of pyridine rings is 1.